The Labute approximate surface area is 125 Å². The fraction of sp³-hybridized carbons (Fsp3) is 0.400. The Bertz CT molecular complexity index is 568. The Morgan fingerprint density at radius 1 is 1.25 bits per heavy atom. The van der Waals surface area contributed by atoms with Crippen LogP contribution in [0.2, 0.25) is 0 Å². The number of nitrogens with one attached hydrogen (secondary N) is 2. The largest absolute Gasteiger partial charge is 0.451 e. The van der Waals surface area contributed by atoms with Crippen molar-refractivity contribution in [1.82, 2.24) is 10.6 Å². The highest BCUT2D eigenvalue weighted by Crippen LogP contribution is 2.23. The number of halogens is 1. The average molecular weight is 297 g/mol. The van der Waals surface area contributed by atoms with Gasteiger partial charge in [-0.1, -0.05) is 0 Å². The average Bonchev–Trinajstić information content (AvgIpc) is 2.79. The molecule has 1 aromatic carbocycles. The number of hydrogen-bond acceptors (Lipinski definition) is 3. The van der Waals surface area contributed by atoms with Crippen molar-refractivity contribution < 1.29 is 9.21 Å². The van der Waals surface area contributed by atoms with Crippen LogP contribution in [0.1, 0.15) is 28.6 Å². The van der Waals surface area contributed by atoms with E-state index < -0.39 is 0 Å². The first kappa shape index (κ1) is 16.5. The van der Waals surface area contributed by atoms with Crippen molar-refractivity contribution in [1.29, 1.82) is 0 Å². The van der Waals surface area contributed by atoms with Gasteiger partial charge in [-0.05, 0) is 57.1 Å². The van der Waals surface area contributed by atoms with Gasteiger partial charge in [0.05, 0.1) is 0 Å². The van der Waals surface area contributed by atoms with Crippen molar-refractivity contribution in [2.24, 2.45) is 0 Å². The maximum absolute atomic E-state index is 12.0. The number of likely N-dealkylation sites (N-methyl/N-ethyl adjacent to an activating group) is 1. The lowest BCUT2D eigenvalue weighted by Crippen LogP contribution is -2.36. The van der Waals surface area contributed by atoms with E-state index in [0.717, 1.165) is 16.5 Å². The van der Waals surface area contributed by atoms with Crippen LogP contribution >= 0.6 is 12.4 Å². The summed E-state index contributed by atoms with van der Waals surface area (Å²) in [5.41, 5.74) is 3.12. The Hall–Kier alpha value is -1.52. The zero-order valence-corrected chi connectivity index (χ0v) is 13.1. The number of aryl methyl sites for hydroxylation is 2. The van der Waals surface area contributed by atoms with E-state index in [4.69, 9.17) is 4.42 Å². The van der Waals surface area contributed by atoms with Gasteiger partial charge in [0, 0.05) is 18.0 Å². The van der Waals surface area contributed by atoms with Gasteiger partial charge in [0.1, 0.15) is 5.58 Å². The normalized spacial score (nSPS) is 12.0. The van der Waals surface area contributed by atoms with E-state index in [1.54, 1.807) is 6.07 Å². The highest BCUT2D eigenvalue weighted by atomic mass is 35.5. The number of carbonyl (C=O) groups excluding carboxylic acids is 1. The van der Waals surface area contributed by atoms with Crippen LogP contribution in [0.4, 0.5) is 0 Å². The monoisotopic (exact) mass is 296 g/mol. The minimum Gasteiger partial charge on any atom is -0.451 e. The third-order valence-corrected chi connectivity index (χ3v) is 3.42. The zero-order chi connectivity index (χ0) is 14.0. The van der Waals surface area contributed by atoms with Gasteiger partial charge in [0.15, 0.2) is 5.76 Å². The molecular formula is C15H21ClN2O2. The summed E-state index contributed by atoms with van der Waals surface area (Å²) in [6, 6.07) is 6.04. The quantitative estimate of drug-likeness (QED) is 0.912. The van der Waals surface area contributed by atoms with Crippen LogP contribution in [-0.4, -0.2) is 25.5 Å². The second-order valence-corrected chi connectivity index (χ2v) is 4.98. The van der Waals surface area contributed by atoms with Gasteiger partial charge in [-0.15, -0.1) is 12.4 Å². The summed E-state index contributed by atoms with van der Waals surface area (Å²) >= 11 is 0. The van der Waals surface area contributed by atoms with Crippen LogP contribution < -0.4 is 10.6 Å². The molecule has 0 fully saturated rings. The zero-order valence-electron chi connectivity index (χ0n) is 12.2. The fourth-order valence-electron chi connectivity index (χ4n) is 1.85. The molecule has 2 aromatic rings. The molecule has 1 heterocycles. The van der Waals surface area contributed by atoms with E-state index in [0.29, 0.717) is 12.3 Å². The molecule has 5 heteroatoms. The van der Waals surface area contributed by atoms with Crippen LogP contribution in [0.3, 0.4) is 0 Å². The summed E-state index contributed by atoms with van der Waals surface area (Å²) in [6.45, 7) is 6.66. The minimum absolute atomic E-state index is 0. The number of furan rings is 1. The first-order valence-corrected chi connectivity index (χ1v) is 6.47. The number of hydrogen-bond donors (Lipinski definition) is 2. The second kappa shape index (κ2) is 6.77. The molecule has 0 radical (unpaired) electrons. The Morgan fingerprint density at radius 3 is 2.55 bits per heavy atom. The predicted molar refractivity (Wildman–Crippen MR) is 83.8 cm³/mol. The van der Waals surface area contributed by atoms with Crippen LogP contribution in [0.5, 0.6) is 0 Å². The van der Waals surface area contributed by atoms with E-state index >= 15 is 0 Å². The Kier molecular flexibility index (Phi) is 5.60. The lowest BCUT2D eigenvalue weighted by Gasteiger charge is -2.09. The second-order valence-electron chi connectivity index (χ2n) is 4.98. The third kappa shape index (κ3) is 3.52. The maximum Gasteiger partial charge on any atom is 0.287 e. The third-order valence-electron chi connectivity index (χ3n) is 3.42. The smallest absolute Gasteiger partial charge is 0.287 e. The molecule has 4 nitrogen and oxygen atoms in total. The van der Waals surface area contributed by atoms with Crippen LogP contribution in [0.15, 0.2) is 22.6 Å². The molecule has 0 saturated carbocycles. The molecule has 1 aromatic heterocycles. The molecular weight excluding hydrogens is 276 g/mol. The number of rotatable bonds is 4. The lowest BCUT2D eigenvalue weighted by molar-refractivity contribution is 0.0925. The SMILES string of the molecule is CNC(C)CNC(=O)c1cc2cc(C)c(C)cc2o1.Cl. The molecule has 0 aliphatic heterocycles. The molecule has 0 aliphatic carbocycles. The molecule has 0 bridgehead atoms. The molecule has 1 unspecified atom stereocenters. The van der Waals surface area contributed by atoms with E-state index in [2.05, 4.69) is 17.6 Å². The summed E-state index contributed by atoms with van der Waals surface area (Å²) in [7, 11) is 1.86. The predicted octanol–water partition coefficient (Wildman–Crippen LogP) is 2.81. The van der Waals surface area contributed by atoms with Gasteiger partial charge >= 0.3 is 0 Å². The van der Waals surface area contributed by atoms with Crippen LogP contribution in [-0.2, 0) is 0 Å². The van der Waals surface area contributed by atoms with E-state index in [-0.39, 0.29) is 24.4 Å². The Morgan fingerprint density at radius 2 is 1.90 bits per heavy atom. The lowest BCUT2D eigenvalue weighted by atomic mass is 10.1. The van der Waals surface area contributed by atoms with E-state index in [9.17, 15) is 4.79 Å². The van der Waals surface area contributed by atoms with Crippen LogP contribution in [0, 0.1) is 13.8 Å². The first-order valence-electron chi connectivity index (χ1n) is 6.47. The van der Waals surface area contributed by atoms with Crippen molar-refractivity contribution in [3.05, 3.63) is 35.1 Å². The highest BCUT2D eigenvalue weighted by molar-refractivity contribution is 5.96. The summed E-state index contributed by atoms with van der Waals surface area (Å²) in [5.74, 6) is 0.192. The molecule has 1 amide bonds. The van der Waals surface area contributed by atoms with E-state index in [1.165, 1.54) is 5.56 Å². The molecule has 0 spiro atoms. The number of carbonyl (C=O) groups is 1. The van der Waals surface area contributed by atoms with Gasteiger partial charge in [-0.2, -0.15) is 0 Å². The van der Waals surface area contributed by atoms with Gasteiger partial charge in [0.25, 0.3) is 5.91 Å². The van der Waals surface area contributed by atoms with Crippen molar-refractivity contribution in [3.63, 3.8) is 0 Å². The molecule has 1 atom stereocenters. The molecule has 20 heavy (non-hydrogen) atoms. The number of benzene rings is 1. The summed E-state index contributed by atoms with van der Waals surface area (Å²) in [5, 5.41) is 6.88. The summed E-state index contributed by atoms with van der Waals surface area (Å²) in [6.07, 6.45) is 0. The van der Waals surface area contributed by atoms with Gasteiger partial charge < -0.3 is 15.1 Å². The number of fused-ring (bicyclic) bond motifs is 1. The van der Waals surface area contributed by atoms with Crippen molar-refractivity contribution in [2.75, 3.05) is 13.6 Å². The topological polar surface area (TPSA) is 54.3 Å². The van der Waals surface area contributed by atoms with E-state index in [1.807, 2.05) is 33.0 Å². The first-order chi connectivity index (χ1) is 9.01. The van der Waals surface area contributed by atoms with Crippen LogP contribution in [0.25, 0.3) is 11.0 Å². The summed E-state index contributed by atoms with van der Waals surface area (Å²) in [4.78, 5) is 12.0. The fourth-order valence-corrected chi connectivity index (χ4v) is 1.85. The van der Waals surface area contributed by atoms with Gasteiger partial charge in [-0.3, -0.25) is 4.79 Å². The molecule has 2 N–H and O–H groups in total. The maximum atomic E-state index is 12.0. The van der Waals surface area contributed by atoms with Crippen molar-refractivity contribution in [3.8, 4) is 0 Å². The number of amides is 1. The Balaban J connectivity index is 0.00000200. The molecule has 0 aliphatic rings. The molecule has 0 saturated heterocycles. The van der Waals surface area contributed by atoms with Gasteiger partial charge in [0.2, 0.25) is 0 Å². The highest BCUT2D eigenvalue weighted by Gasteiger charge is 2.13. The molecule has 2 rings (SSSR count). The summed E-state index contributed by atoms with van der Waals surface area (Å²) < 4.78 is 5.60. The minimum atomic E-state index is -0.173. The molecule has 110 valence electrons. The van der Waals surface area contributed by atoms with Crippen molar-refractivity contribution in [2.45, 2.75) is 26.8 Å². The van der Waals surface area contributed by atoms with Crippen molar-refractivity contribution >= 4 is 29.3 Å². The van der Waals surface area contributed by atoms with Gasteiger partial charge in [-0.25, -0.2) is 0 Å². The standard InChI is InChI=1S/C15H20N2O2.ClH/c1-9-5-12-7-14(19-13(12)6-10(9)2)15(18)17-8-11(3)16-4;/h5-7,11,16H,8H2,1-4H3,(H,17,18);1H.